The van der Waals surface area contributed by atoms with Crippen LogP contribution in [0.5, 0.6) is 0 Å². The van der Waals surface area contributed by atoms with Crippen molar-refractivity contribution in [2.45, 2.75) is 26.2 Å². The summed E-state index contributed by atoms with van der Waals surface area (Å²) in [6.45, 7) is 6.47. The predicted octanol–water partition coefficient (Wildman–Crippen LogP) is 3.28. The maximum Gasteiger partial charge on any atom is 0.446 e. The second-order valence-electron chi connectivity index (χ2n) is 4.07. The molecule has 0 aliphatic heterocycles. The molecule has 0 N–H and O–H groups in total. The first-order valence-corrected chi connectivity index (χ1v) is 6.59. The van der Waals surface area contributed by atoms with E-state index in [0.717, 1.165) is 5.30 Å². The lowest BCUT2D eigenvalue weighted by Gasteiger charge is -2.18. The summed E-state index contributed by atoms with van der Waals surface area (Å²) in [5.74, 6) is 0. The van der Waals surface area contributed by atoms with Gasteiger partial charge in [0.25, 0.3) is 0 Å². The molecular weight excluding hydrogens is 199 g/mol. The summed E-state index contributed by atoms with van der Waals surface area (Å²) < 4.78 is 11.0. The minimum Gasteiger partial charge on any atom is -0.0561 e. The van der Waals surface area contributed by atoms with Gasteiger partial charge in [0, 0.05) is 0 Å². The summed E-state index contributed by atoms with van der Waals surface area (Å²) in [6.07, 6.45) is 0. The molecule has 0 saturated heterocycles. The van der Waals surface area contributed by atoms with Crippen LogP contribution in [-0.2, 0) is 9.98 Å². The summed E-state index contributed by atoms with van der Waals surface area (Å²) in [6, 6.07) is 7.79. The van der Waals surface area contributed by atoms with Crippen molar-refractivity contribution in [1.29, 1.82) is 0 Å². The van der Waals surface area contributed by atoms with Crippen LogP contribution in [0.4, 0.5) is 0 Å². The Balaban J connectivity index is 3.01. The topological polar surface area (TPSA) is 17.1 Å². The lowest BCUT2D eigenvalue weighted by Crippen LogP contribution is -2.11. The van der Waals surface area contributed by atoms with E-state index in [-0.39, 0.29) is 5.41 Å². The van der Waals surface area contributed by atoms with Gasteiger partial charge in [-0.2, -0.15) is 0 Å². The third-order valence-corrected chi connectivity index (χ3v) is 3.39. The van der Waals surface area contributed by atoms with Crippen LogP contribution in [0.15, 0.2) is 24.3 Å². The van der Waals surface area contributed by atoms with Gasteiger partial charge in [-0.15, -0.1) is 0 Å². The molecule has 0 spiro atoms. The fourth-order valence-electron chi connectivity index (χ4n) is 1.09. The molecule has 1 unspecified atom stereocenters. The molecule has 0 radical (unpaired) electrons. The fraction of sp³-hybridized carbons (Fsp3) is 0.400. The number of thiol groups is 1. The van der Waals surface area contributed by atoms with Crippen molar-refractivity contribution in [3.63, 3.8) is 0 Å². The zero-order valence-electron chi connectivity index (χ0n) is 8.11. The molecular formula is C10H14OPS+. The minimum atomic E-state index is -1.50. The normalized spacial score (nSPS) is 12.8. The van der Waals surface area contributed by atoms with E-state index in [1.807, 2.05) is 24.3 Å². The highest BCUT2D eigenvalue weighted by Gasteiger charge is 2.17. The Morgan fingerprint density at radius 3 is 1.92 bits per heavy atom. The van der Waals surface area contributed by atoms with Crippen LogP contribution in [0.25, 0.3) is 0 Å². The molecule has 0 aliphatic rings. The molecule has 1 atom stereocenters. The number of hydrogen-bond donors (Lipinski definition) is 1. The molecule has 3 heteroatoms. The SMILES string of the molecule is CC(C)(C)c1ccc([P+](=O)S)cc1. The Morgan fingerprint density at radius 1 is 1.15 bits per heavy atom. The predicted molar refractivity (Wildman–Crippen MR) is 61.4 cm³/mol. The lowest BCUT2D eigenvalue weighted by atomic mass is 9.87. The zero-order valence-corrected chi connectivity index (χ0v) is 9.90. The van der Waals surface area contributed by atoms with Crippen molar-refractivity contribution in [3.05, 3.63) is 29.8 Å². The van der Waals surface area contributed by atoms with Gasteiger partial charge in [0.15, 0.2) is 0 Å². The molecule has 1 rings (SSSR count). The van der Waals surface area contributed by atoms with Crippen molar-refractivity contribution in [2.24, 2.45) is 0 Å². The average Bonchev–Trinajstić information content (AvgIpc) is 2.03. The maximum atomic E-state index is 11.0. The van der Waals surface area contributed by atoms with E-state index < -0.39 is 7.00 Å². The van der Waals surface area contributed by atoms with E-state index in [1.165, 1.54) is 5.56 Å². The van der Waals surface area contributed by atoms with Crippen LogP contribution in [0.1, 0.15) is 26.3 Å². The number of benzene rings is 1. The number of rotatable bonds is 1. The summed E-state index contributed by atoms with van der Waals surface area (Å²) >= 11 is 3.90. The molecule has 0 amide bonds. The molecule has 0 fully saturated rings. The Hall–Kier alpha value is -0.330. The highest BCUT2D eigenvalue weighted by atomic mass is 32.7. The van der Waals surface area contributed by atoms with Gasteiger partial charge in [0.05, 0.1) is 0 Å². The first-order valence-electron chi connectivity index (χ1n) is 4.18. The molecule has 1 aromatic rings. The molecule has 1 aromatic carbocycles. The van der Waals surface area contributed by atoms with Crippen LogP contribution in [0.2, 0.25) is 0 Å². The molecule has 0 aliphatic carbocycles. The van der Waals surface area contributed by atoms with Gasteiger partial charge in [-0.25, -0.2) is 0 Å². The molecule has 1 nitrogen and oxygen atoms in total. The van der Waals surface area contributed by atoms with Gasteiger partial charge in [-0.3, -0.25) is 0 Å². The zero-order chi connectivity index (χ0) is 10.1. The fourth-order valence-corrected chi connectivity index (χ4v) is 1.89. The standard InChI is InChI=1S/C10H13OPS/c1-10(2,3)8-4-6-9(7-5-8)12(11)13/h4-7H,1-3H3/p+1. The highest BCUT2D eigenvalue weighted by molar-refractivity contribution is 8.43. The van der Waals surface area contributed by atoms with Crippen LogP contribution in [0.3, 0.4) is 0 Å². The molecule has 0 saturated carbocycles. The van der Waals surface area contributed by atoms with Crippen LogP contribution < -0.4 is 5.30 Å². The molecule has 13 heavy (non-hydrogen) atoms. The van der Waals surface area contributed by atoms with Gasteiger partial charge in [0.1, 0.15) is 12.2 Å². The lowest BCUT2D eigenvalue weighted by molar-refractivity contribution is 0.590. The largest absolute Gasteiger partial charge is 0.446 e. The van der Waals surface area contributed by atoms with Crippen molar-refractivity contribution in [3.8, 4) is 0 Å². The Labute approximate surface area is 85.5 Å². The molecule has 0 aromatic heterocycles. The van der Waals surface area contributed by atoms with E-state index >= 15 is 0 Å². The summed E-state index contributed by atoms with van der Waals surface area (Å²) in [5, 5.41) is 0.798. The van der Waals surface area contributed by atoms with Crippen LogP contribution >= 0.6 is 19.3 Å². The first-order chi connectivity index (χ1) is 5.91. The Morgan fingerprint density at radius 2 is 1.62 bits per heavy atom. The van der Waals surface area contributed by atoms with Crippen molar-refractivity contribution < 1.29 is 4.57 Å². The molecule has 0 bridgehead atoms. The van der Waals surface area contributed by atoms with Crippen molar-refractivity contribution in [2.75, 3.05) is 0 Å². The Kier molecular flexibility index (Phi) is 3.15. The van der Waals surface area contributed by atoms with E-state index in [4.69, 9.17) is 0 Å². The van der Waals surface area contributed by atoms with Gasteiger partial charge in [-0.1, -0.05) is 37.5 Å². The third-order valence-electron chi connectivity index (χ3n) is 1.95. The van der Waals surface area contributed by atoms with Crippen molar-refractivity contribution >= 4 is 24.6 Å². The third kappa shape index (κ3) is 2.82. The summed E-state index contributed by atoms with van der Waals surface area (Å²) in [7, 11) is -1.50. The van der Waals surface area contributed by atoms with Gasteiger partial charge >= 0.3 is 7.00 Å². The van der Waals surface area contributed by atoms with E-state index in [1.54, 1.807) is 0 Å². The summed E-state index contributed by atoms with van der Waals surface area (Å²) in [5.41, 5.74) is 1.40. The quantitative estimate of drug-likeness (QED) is 0.559. The minimum absolute atomic E-state index is 0.154. The first kappa shape index (κ1) is 10.7. The smallest absolute Gasteiger partial charge is 0.0561 e. The van der Waals surface area contributed by atoms with Gasteiger partial charge < -0.3 is 0 Å². The molecule has 70 valence electrons. The average molecular weight is 213 g/mol. The maximum absolute atomic E-state index is 11.0. The monoisotopic (exact) mass is 213 g/mol. The van der Waals surface area contributed by atoms with E-state index in [2.05, 4.69) is 33.0 Å². The molecule has 0 heterocycles. The van der Waals surface area contributed by atoms with Gasteiger partial charge in [0.2, 0.25) is 5.30 Å². The second-order valence-corrected chi connectivity index (χ2v) is 6.22. The number of hydrogen-bond acceptors (Lipinski definition) is 1. The highest BCUT2D eigenvalue weighted by Crippen LogP contribution is 2.27. The van der Waals surface area contributed by atoms with Crippen molar-refractivity contribution in [1.82, 2.24) is 0 Å². The van der Waals surface area contributed by atoms with Crippen LogP contribution in [-0.4, -0.2) is 0 Å². The van der Waals surface area contributed by atoms with E-state index in [9.17, 15) is 4.57 Å². The summed E-state index contributed by atoms with van der Waals surface area (Å²) in [4.78, 5) is 0. The Bertz CT molecular complexity index is 311. The van der Waals surface area contributed by atoms with Crippen LogP contribution in [0, 0.1) is 0 Å². The van der Waals surface area contributed by atoms with E-state index in [0.29, 0.717) is 0 Å². The van der Waals surface area contributed by atoms with Gasteiger partial charge in [-0.05, 0) is 23.1 Å². The second kappa shape index (κ2) is 3.81.